The van der Waals surface area contributed by atoms with Crippen molar-refractivity contribution in [1.29, 1.82) is 0 Å². The van der Waals surface area contributed by atoms with Gasteiger partial charge in [0, 0.05) is 18.9 Å². The summed E-state index contributed by atoms with van der Waals surface area (Å²) < 4.78 is 13.7. The number of likely N-dealkylation sites (tertiary alicyclic amines) is 1. The Morgan fingerprint density at radius 2 is 2.14 bits per heavy atom. The first-order valence-electron chi connectivity index (χ1n) is 7.79. The van der Waals surface area contributed by atoms with Gasteiger partial charge in [-0.05, 0) is 56.0 Å². The monoisotopic (exact) mass is 291 g/mol. The van der Waals surface area contributed by atoms with Crippen molar-refractivity contribution in [2.24, 2.45) is 0 Å². The average Bonchev–Trinajstić information content (AvgIpc) is 2.77. The van der Waals surface area contributed by atoms with E-state index in [1.54, 1.807) is 13.0 Å². The molecule has 1 aliphatic heterocycles. The molecule has 0 aromatic heterocycles. The first kappa shape index (κ1) is 16.2. The SMILES string of the molecule is Cc1c(F)cccc1C(C)(C)CC(=O)C[C@@H]1CCCN1C. The average molecular weight is 291 g/mol. The zero-order valence-corrected chi connectivity index (χ0v) is 13.6. The van der Waals surface area contributed by atoms with Gasteiger partial charge in [-0.3, -0.25) is 4.79 Å². The number of ketones is 1. The molecule has 1 atom stereocenters. The molecule has 3 heteroatoms. The van der Waals surface area contributed by atoms with Crippen LogP contribution in [0.25, 0.3) is 0 Å². The summed E-state index contributed by atoms with van der Waals surface area (Å²) in [7, 11) is 2.09. The highest BCUT2D eigenvalue weighted by molar-refractivity contribution is 5.80. The van der Waals surface area contributed by atoms with Gasteiger partial charge in [0.2, 0.25) is 0 Å². The molecule has 2 rings (SSSR count). The van der Waals surface area contributed by atoms with Crippen LogP contribution in [0.3, 0.4) is 0 Å². The smallest absolute Gasteiger partial charge is 0.135 e. The van der Waals surface area contributed by atoms with Crippen molar-refractivity contribution >= 4 is 5.78 Å². The maximum atomic E-state index is 13.7. The van der Waals surface area contributed by atoms with Gasteiger partial charge in [-0.15, -0.1) is 0 Å². The van der Waals surface area contributed by atoms with Crippen LogP contribution in [-0.2, 0) is 10.2 Å². The number of hydrogen-bond acceptors (Lipinski definition) is 2. The lowest BCUT2D eigenvalue weighted by atomic mass is 9.77. The van der Waals surface area contributed by atoms with Crippen molar-refractivity contribution in [3.63, 3.8) is 0 Å². The lowest BCUT2D eigenvalue weighted by Crippen LogP contribution is -2.30. The minimum atomic E-state index is -0.319. The van der Waals surface area contributed by atoms with Crippen LogP contribution in [0.1, 0.15) is 50.7 Å². The predicted molar refractivity (Wildman–Crippen MR) is 84.1 cm³/mol. The number of carbonyl (C=O) groups excluding carboxylic acids is 1. The standard InChI is InChI=1S/C18H26FNO/c1-13-16(8-5-9-17(13)19)18(2,3)12-15(21)11-14-7-6-10-20(14)4/h5,8-9,14H,6-7,10-12H2,1-4H3/t14-/m0/s1. The van der Waals surface area contributed by atoms with Crippen LogP contribution in [0.5, 0.6) is 0 Å². The van der Waals surface area contributed by atoms with Gasteiger partial charge < -0.3 is 4.90 Å². The first-order chi connectivity index (χ1) is 9.81. The molecule has 21 heavy (non-hydrogen) atoms. The number of Topliss-reactive ketones (excluding diaryl/α,β-unsaturated/α-hetero) is 1. The minimum absolute atomic E-state index is 0.191. The van der Waals surface area contributed by atoms with Crippen molar-refractivity contribution in [3.8, 4) is 0 Å². The van der Waals surface area contributed by atoms with E-state index in [-0.39, 0.29) is 17.0 Å². The van der Waals surface area contributed by atoms with E-state index in [9.17, 15) is 9.18 Å². The number of carbonyl (C=O) groups is 1. The van der Waals surface area contributed by atoms with Crippen molar-refractivity contribution < 1.29 is 9.18 Å². The molecule has 0 amide bonds. The predicted octanol–water partition coefficient (Wildman–Crippen LogP) is 3.86. The molecule has 1 saturated heterocycles. The van der Waals surface area contributed by atoms with Crippen molar-refractivity contribution in [1.82, 2.24) is 4.90 Å². The van der Waals surface area contributed by atoms with E-state index in [1.165, 1.54) is 12.5 Å². The van der Waals surface area contributed by atoms with E-state index in [0.717, 1.165) is 18.5 Å². The number of rotatable bonds is 5. The van der Waals surface area contributed by atoms with Gasteiger partial charge in [0.05, 0.1) is 0 Å². The fraction of sp³-hybridized carbons (Fsp3) is 0.611. The molecule has 0 aliphatic carbocycles. The molecule has 1 aromatic rings. The Morgan fingerprint density at radius 3 is 2.76 bits per heavy atom. The Hall–Kier alpha value is -1.22. The molecule has 0 bridgehead atoms. The van der Waals surface area contributed by atoms with Crippen LogP contribution in [0, 0.1) is 12.7 Å². The Kier molecular flexibility index (Phi) is 4.82. The lowest BCUT2D eigenvalue weighted by Gasteiger charge is -2.28. The van der Waals surface area contributed by atoms with E-state index in [1.807, 2.05) is 19.9 Å². The molecule has 2 nitrogen and oxygen atoms in total. The third-order valence-corrected chi connectivity index (χ3v) is 4.77. The first-order valence-corrected chi connectivity index (χ1v) is 7.79. The van der Waals surface area contributed by atoms with Gasteiger partial charge in [0.1, 0.15) is 11.6 Å². The molecule has 1 fully saturated rings. The molecule has 0 spiro atoms. The van der Waals surface area contributed by atoms with Crippen molar-refractivity contribution in [2.45, 2.75) is 57.9 Å². The van der Waals surface area contributed by atoms with Crippen LogP contribution in [-0.4, -0.2) is 30.3 Å². The molecule has 0 unspecified atom stereocenters. The highest BCUT2D eigenvalue weighted by atomic mass is 19.1. The molecule has 0 N–H and O–H groups in total. The van der Waals surface area contributed by atoms with Gasteiger partial charge in [0.25, 0.3) is 0 Å². The third kappa shape index (κ3) is 3.70. The molecule has 116 valence electrons. The zero-order valence-electron chi connectivity index (χ0n) is 13.6. The quantitative estimate of drug-likeness (QED) is 0.821. The van der Waals surface area contributed by atoms with Crippen LogP contribution in [0.4, 0.5) is 4.39 Å². The summed E-state index contributed by atoms with van der Waals surface area (Å²) in [6.07, 6.45) is 3.39. The Labute approximate surface area is 127 Å². The maximum Gasteiger partial charge on any atom is 0.135 e. The summed E-state index contributed by atoms with van der Waals surface area (Å²) >= 11 is 0. The Bertz CT molecular complexity index is 524. The normalized spacial score (nSPS) is 20.0. The summed E-state index contributed by atoms with van der Waals surface area (Å²) in [4.78, 5) is 14.7. The van der Waals surface area contributed by atoms with E-state index in [2.05, 4.69) is 11.9 Å². The van der Waals surface area contributed by atoms with E-state index in [0.29, 0.717) is 24.4 Å². The highest BCUT2D eigenvalue weighted by Crippen LogP contribution is 2.32. The Balaban J connectivity index is 2.06. The summed E-state index contributed by atoms with van der Waals surface area (Å²) in [6.45, 7) is 6.95. The number of halogens is 1. The summed E-state index contributed by atoms with van der Waals surface area (Å²) in [6, 6.07) is 5.54. The summed E-state index contributed by atoms with van der Waals surface area (Å²) in [5.41, 5.74) is 1.28. The van der Waals surface area contributed by atoms with E-state index < -0.39 is 0 Å². The highest BCUT2D eigenvalue weighted by Gasteiger charge is 2.29. The van der Waals surface area contributed by atoms with Gasteiger partial charge in [0.15, 0.2) is 0 Å². The maximum absolute atomic E-state index is 13.7. The van der Waals surface area contributed by atoms with E-state index in [4.69, 9.17) is 0 Å². The van der Waals surface area contributed by atoms with Gasteiger partial charge in [-0.2, -0.15) is 0 Å². The number of nitrogens with zero attached hydrogens (tertiary/aromatic N) is 1. The largest absolute Gasteiger partial charge is 0.303 e. The van der Waals surface area contributed by atoms with Crippen LogP contribution >= 0.6 is 0 Å². The summed E-state index contributed by atoms with van der Waals surface area (Å²) in [5, 5.41) is 0. The molecule has 1 aromatic carbocycles. The minimum Gasteiger partial charge on any atom is -0.303 e. The molecular formula is C18H26FNO. The fourth-order valence-corrected chi connectivity index (χ4v) is 3.50. The molecule has 0 radical (unpaired) electrons. The lowest BCUT2D eigenvalue weighted by molar-refractivity contribution is -0.121. The molecule has 0 saturated carbocycles. The molecular weight excluding hydrogens is 265 g/mol. The van der Waals surface area contributed by atoms with Crippen molar-refractivity contribution in [2.75, 3.05) is 13.6 Å². The zero-order chi connectivity index (χ0) is 15.6. The van der Waals surface area contributed by atoms with Crippen LogP contribution in [0.15, 0.2) is 18.2 Å². The second-order valence-electron chi connectivity index (χ2n) is 6.99. The Morgan fingerprint density at radius 1 is 1.43 bits per heavy atom. The van der Waals surface area contributed by atoms with Gasteiger partial charge in [-0.25, -0.2) is 4.39 Å². The van der Waals surface area contributed by atoms with Gasteiger partial charge >= 0.3 is 0 Å². The second kappa shape index (κ2) is 6.27. The van der Waals surface area contributed by atoms with Gasteiger partial charge in [-0.1, -0.05) is 26.0 Å². The van der Waals surface area contributed by atoms with Crippen LogP contribution in [0.2, 0.25) is 0 Å². The van der Waals surface area contributed by atoms with Crippen molar-refractivity contribution in [3.05, 3.63) is 35.1 Å². The number of hydrogen-bond donors (Lipinski definition) is 0. The van der Waals surface area contributed by atoms with E-state index >= 15 is 0 Å². The molecule has 1 aliphatic rings. The second-order valence-corrected chi connectivity index (χ2v) is 6.99. The number of benzene rings is 1. The fourth-order valence-electron chi connectivity index (χ4n) is 3.50. The topological polar surface area (TPSA) is 20.3 Å². The third-order valence-electron chi connectivity index (χ3n) is 4.77. The van der Waals surface area contributed by atoms with Crippen LogP contribution < -0.4 is 0 Å². The molecule has 1 heterocycles. The summed E-state index contributed by atoms with van der Waals surface area (Å²) in [5.74, 6) is 0.0889.